The second-order valence-corrected chi connectivity index (χ2v) is 2.83. The minimum Gasteiger partial charge on any atom is -0.464 e. The summed E-state index contributed by atoms with van der Waals surface area (Å²) in [7, 11) is 1.22. The van der Waals surface area contributed by atoms with Crippen LogP contribution in [0.4, 0.5) is 0 Å². The molecule has 4 nitrogen and oxygen atoms in total. The van der Waals surface area contributed by atoms with Crippen molar-refractivity contribution in [2.45, 2.75) is 0 Å². The summed E-state index contributed by atoms with van der Waals surface area (Å²) in [5.41, 5.74) is 0.0177. The Kier molecular flexibility index (Phi) is 2.31. The fourth-order valence-electron chi connectivity index (χ4n) is 0.522. The molecule has 0 spiro atoms. The van der Waals surface area contributed by atoms with E-state index in [0.717, 1.165) is 11.5 Å². The smallest absolute Gasteiger partial charge is 0.357 e. The molecule has 0 amide bonds. The number of H-pyrrole nitrogens is 1. The summed E-state index contributed by atoms with van der Waals surface area (Å²) in [5, 5.41) is -0.109. The third-order valence-corrected chi connectivity index (χ3v) is 2.20. The van der Waals surface area contributed by atoms with Gasteiger partial charge in [-0.15, -0.1) is 0 Å². The molecule has 0 bridgehead atoms. The standard InChI is InChI=1S/C5H4ClNO3S/c1-10-4(8)3-2(6)5(9)11-7-3/h7H,1H3. The van der Waals surface area contributed by atoms with Crippen LogP contribution in [0, 0.1) is 0 Å². The van der Waals surface area contributed by atoms with E-state index in [2.05, 4.69) is 9.11 Å². The van der Waals surface area contributed by atoms with Crippen molar-refractivity contribution < 1.29 is 9.53 Å². The number of carbonyl (C=O) groups is 1. The summed E-state index contributed by atoms with van der Waals surface area (Å²) in [6.45, 7) is 0. The molecule has 1 heterocycles. The van der Waals surface area contributed by atoms with Gasteiger partial charge in [-0.2, -0.15) is 0 Å². The third-order valence-electron chi connectivity index (χ3n) is 1.03. The van der Waals surface area contributed by atoms with Gasteiger partial charge in [0, 0.05) is 0 Å². The van der Waals surface area contributed by atoms with Crippen molar-refractivity contribution in [3.05, 3.63) is 20.3 Å². The van der Waals surface area contributed by atoms with Crippen molar-refractivity contribution in [3.63, 3.8) is 0 Å². The molecule has 0 aromatic carbocycles. The second kappa shape index (κ2) is 3.06. The molecule has 0 saturated carbocycles. The summed E-state index contributed by atoms with van der Waals surface area (Å²) < 4.78 is 6.42. The highest BCUT2D eigenvalue weighted by Crippen LogP contribution is 2.10. The van der Waals surface area contributed by atoms with E-state index in [0.29, 0.717) is 0 Å². The van der Waals surface area contributed by atoms with Gasteiger partial charge in [-0.3, -0.25) is 4.79 Å². The molecular weight excluding hydrogens is 190 g/mol. The monoisotopic (exact) mass is 193 g/mol. The number of aromatic nitrogens is 1. The predicted octanol–water partition coefficient (Wildman–Crippen LogP) is 0.876. The van der Waals surface area contributed by atoms with E-state index in [4.69, 9.17) is 11.6 Å². The number of aromatic amines is 1. The van der Waals surface area contributed by atoms with Gasteiger partial charge in [0.05, 0.1) is 7.11 Å². The molecule has 0 aliphatic rings. The molecule has 0 unspecified atom stereocenters. The molecule has 1 rings (SSSR count). The van der Waals surface area contributed by atoms with E-state index < -0.39 is 5.97 Å². The number of hydrogen-bond acceptors (Lipinski definition) is 4. The Morgan fingerprint density at radius 3 is 2.73 bits per heavy atom. The van der Waals surface area contributed by atoms with E-state index in [-0.39, 0.29) is 15.5 Å². The Morgan fingerprint density at radius 2 is 2.36 bits per heavy atom. The van der Waals surface area contributed by atoms with Crippen LogP contribution in [0.15, 0.2) is 4.79 Å². The van der Waals surface area contributed by atoms with E-state index in [1.165, 1.54) is 7.11 Å². The van der Waals surface area contributed by atoms with Crippen molar-refractivity contribution in [1.29, 1.82) is 0 Å². The van der Waals surface area contributed by atoms with Crippen LogP contribution in [-0.4, -0.2) is 17.5 Å². The number of carbonyl (C=O) groups excluding carboxylic acids is 1. The zero-order chi connectivity index (χ0) is 8.43. The van der Waals surface area contributed by atoms with Crippen molar-refractivity contribution in [2.24, 2.45) is 0 Å². The van der Waals surface area contributed by atoms with E-state index in [9.17, 15) is 9.59 Å². The second-order valence-electron chi connectivity index (χ2n) is 1.67. The maximum absolute atomic E-state index is 10.8. The highest BCUT2D eigenvalue weighted by Gasteiger charge is 2.15. The summed E-state index contributed by atoms with van der Waals surface area (Å²) in [4.78, 5) is 21.5. The first-order valence-electron chi connectivity index (χ1n) is 2.62. The summed E-state index contributed by atoms with van der Waals surface area (Å²) in [6.07, 6.45) is 0. The fraction of sp³-hybridized carbons (Fsp3) is 0.200. The molecular formula is C5H4ClNO3S. The Hall–Kier alpha value is -0.810. The summed E-state index contributed by atoms with van der Waals surface area (Å²) >= 11 is 6.21. The molecule has 1 N–H and O–H groups in total. The minimum atomic E-state index is -0.631. The molecule has 0 saturated heterocycles. The van der Waals surface area contributed by atoms with Crippen molar-refractivity contribution in [3.8, 4) is 0 Å². The van der Waals surface area contributed by atoms with E-state index >= 15 is 0 Å². The number of esters is 1. The first-order chi connectivity index (χ1) is 5.16. The number of nitrogens with one attached hydrogen (secondary N) is 1. The van der Waals surface area contributed by atoms with Gasteiger partial charge in [-0.1, -0.05) is 11.6 Å². The summed E-state index contributed by atoms with van der Waals surface area (Å²) in [5.74, 6) is -0.631. The van der Waals surface area contributed by atoms with Crippen LogP contribution in [0.25, 0.3) is 0 Å². The van der Waals surface area contributed by atoms with Crippen LogP contribution < -0.4 is 4.74 Å². The molecule has 0 fully saturated rings. The maximum atomic E-state index is 10.8. The Morgan fingerprint density at radius 1 is 1.73 bits per heavy atom. The van der Waals surface area contributed by atoms with Gasteiger partial charge in [0.25, 0.3) is 4.74 Å². The minimum absolute atomic E-state index is 0.0177. The maximum Gasteiger partial charge on any atom is 0.357 e. The van der Waals surface area contributed by atoms with Gasteiger partial charge in [0.2, 0.25) is 0 Å². The number of halogens is 1. The molecule has 6 heteroatoms. The van der Waals surface area contributed by atoms with Crippen molar-refractivity contribution >= 4 is 29.1 Å². The first-order valence-corrected chi connectivity index (χ1v) is 3.81. The molecule has 1 aromatic rings. The van der Waals surface area contributed by atoms with Crippen molar-refractivity contribution in [2.75, 3.05) is 7.11 Å². The zero-order valence-electron chi connectivity index (χ0n) is 5.51. The van der Waals surface area contributed by atoms with Crippen LogP contribution in [0.1, 0.15) is 10.5 Å². The van der Waals surface area contributed by atoms with Gasteiger partial charge in [-0.25, -0.2) is 4.79 Å². The van der Waals surface area contributed by atoms with Gasteiger partial charge >= 0.3 is 5.97 Å². The number of hydrogen-bond donors (Lipinski definition) is 1. The van der Waals surface area contributed by atoms with Gasteiger partial charge in [0.1, 0.15) is 5.02 Å². The molecule has 1 aromatic heterocycles. The van der Waals surface area contributed by atoms with Gasteiger partial charge in [0.15, 0.2) is 5.69 Å². The van der Waals surface area contributed by atoms with Crippen molar-refractivity contribution in [1.82, 2.24) is 4.37 Å². The Bertz CT molecular complexity index is 329. The molecule has 0 aliphatic heterocycles. The fourth-order valence-corrected chi connectivity index (χ4v) is 1.39. The first kappa shape index (κ1) is 8.29. The quantitative estimate of drug-likeness (QED) is 0.674. The highest BCUT2D eigenvalue weighted by atomic mass is 35.5. The molecule has 0 radical (unpaired) electrons. The van der Waals surface area contributed by atoms with Crippen LogP contribution >= 0.6 is 23.1 Å². The van der Waals surface area contributed by atoms with E-state index in [1.54, 1.807) is 0 Å². The van der Waals surface area contributed by atoms with E-state index in [1.807, 2.05) is 0 Å². The van der Waals surface area contributed by atoms with Gasteiger partial charge in [-0.05, 0) is 11.5 Å². The molecule has 0 aliphatic carbocycles. The van der Waals surface area contributed by atoms with Crippen LogP contribution in [-0.2, 0) is 4.74 Å². The number of rotatable bonds is 1. The lowest BCUT2D eigenvalue weighted by atomic mass is 10.4. The normalized spacial score (nSPS) is 9.64. The number of methoxy groups -OCH3 is 1. The molecule has 60 valence electrons. The molecule has 11 heavy (non-hydrogen) atoms. The Balaban J connectivity index is 3.15. The number of ether oxygens (including phenoxy) is 1. The zero-order valence-corrected chi connectivity index (χ0v) is 7.08. The average molecular weight is 194 g/mol. The summed E-state index contributed by atoms with van der Waals surface area (Å²) in [6, 6.07) is 0. The highest BCUT2D eigenvalue weighted by molar-refractivity contribution is 7.03. The largest absolute Gasteiger partial charge is 0.464 e. The topological polar surface area (TPSA) is 59.2 Å². The third kappa shape index (κ3) is 1.44. The van der Waals surface area contributed by atoms with Crippen LogP contribution in [0.3, 0.4) is 0 Å². The molecule has 0 atom stereocenters. The lowest BCUT2D eigenvalue weighted by Gasteiger charge is -1.92. The van der Waals surface area contributed by atoms with Crippen LogP contribution in [0.5, 0.6) is 0 Å². The predicted molar refractivity (Wildman–Crippen MR) is 41.3 cm³/mol. The lowest BCUT2D eigenvalue weighted by molar-refractivity contribution is 0.0595. The lowest BCUT2D eigenvalue weighted by Crippen LogP contribution is -2.03. The average Bonchev–Trinajstić information content (AvgIpc) is 2.32. The Labute approximate surface area is 70.9 Å². The van der Waals surface area contributed by atoms with Gasteiger partial charge < -0.3 is 9.11 Å². The van der Waals surface area contributed by atoms with Crippen LogP contribution in [0.2, 0.25) is 5.02 Å². The SMILES string of the molecule is COC(=O)c1[nH]sc(=O)c1Cl.